The molecule has 0 aliphatic rings. The summed E-state index contributed by atoms with van der Waals surface area (Å²) in [6, 6.07) is 4.20. The van der Waals surface area contributed by atoms with E-state index in [1.807, 2.05) is 20.9 Å². The number of aliphatic hydroxyl groups excluding tert-OH is 1. The standard InChI is InChI=1S/C14H24N2OS/c1-10-6-11(2)16-13(7-10)18-12(3)8-14(4,9-17)15-5/h6-7,12,15,17H,8-9H2,1-5H3. The summed E-state index contributed by atoms with van der Waals surface area (Å²) in [6.45, 7) is 8.48. The lowest BCUT2D eigenvalue weighted by atomic mass is 9.97. The predicted octanol–water partition coefficient (Wildman–Crippen LogP) is 2.54. The highest BCUT2D eigenvalue weighted by atomic mass is 32.2. The second kappa shape index (κ2) is 6.55. The van der Waals surface area contributed by atoms with Crippen molar-refractivity contribution in [3.63, 3.8) is 0 Å². The van der Waals surface area contributed by atoms with Crippen molar-refractivity contribution in [2.24, 2.45) is 0 Å². The molecule has 0 spiro atoms. The highest BCUT2D eigenvalue weighted by Crippen LogP contribution is 2.28. The number of likely N-dealkylation sites (N-methyl/N-ethyl adjacent to an activating group) is 1. The highest BCUT2D eigenvalue weighted by Gasteiger charge is 2.24. The second-order valence-electron chi connectivity index (χ2n) is 5.23. The van der Waals surface area contributed by atoms with Crippen LogP contribution in [0.15, 0.2) is 17.2 Å². The Bertz CT molecular complexity index is 371. The number of aliphatic hydroxyl groups is 1. The molecule has 0 radical (unpaired) electrons. The molecule has 0 aliphatic carbocycles. The number of nitrogens with zero attached hydrogens (tertiary/aromatic N) is 1. The van der Waals surface area contributed by atoms with Crippen LogP contribution in [0.5, 0.6) is 0 Å². The van der Waals surface area contributed by atoms with Crippen molar-refractivity contribution in [2.75, 3.05) is 13.7 Å². The van der Waals surface area contributed by atoms with E-state index in [2.05, 4.69) is 36.3 Å². The Kier molecular flexibility index (Phi) is 5.63. The Morgan fingerprint density at radius 2 is 2.11 bits per heavy atom. The van der Waals surface area contributed by atoms with Gasteiger partial charge in [-0.2, -0.15) is 0 Å². The van der Waals surface area contributed by atoms with Crippen molar-refractivity contribution in [2.45, 2.75) is 49.9 Å². The molecule has 0 saturated carbocycles. The molecule has 1 aromatic rings. The summed E-state index contributed by atoms with van der Waals surface area (Å²) in [4.78, 5) is 4.54. The number of hydrogen-bond donors (Lipinski definition) is 2. The summed E-state index contributed by atoms with van der Waals surface area (Å²) in [7, 11) is 1.89. The summed E-state index contributed by atoms with van der Waals surface area (Å²) in [6.07, 6.45) is 0.902. The lowest BCUT2D eigenvalue weighted by molar-refractivity contribution is 0.174. The maximum Gasteiger partial charge on any atom is 0.0968 e. The number of thioether (sulfide) groups is 1. The smallest absolute Gasteiger partial charge is 0.0968 e. The van der Waals surface area contributed by atoms with Gasteiger partial charge in [-0.3, -0.25) is 0 Å². The van der Waals surface area contributed by atoms with E-state index in [1.165, 1.54) is 5.56 Å². The summed E-state index contributed by atoms with van der Waals surface area (Å²) in [5, 5.41) is 14.1. The topological polar surface area (TPSA) is 45.1 Å². The third-order valence-corrected chi connectivity index (χ3v) is 4.11. The van der Waals surface area contributed by atoms with Crippen molar-refractivity contribution < 1.29 is 5.11 Å². The average molecular weight is 268 g/mol. The van der Waals surface area contributed by atoms with Gasteiger partial charge in [-0.25, -0.2) is 4.98 Å². The van der Waals surface area contributed by atoms with Crippen molar-refractivity contribution in [1.82, 2.24) is 10.3 Å². The highest BCUT2D eigenvalue weighted by molar-refractivity contribution is 7.99. The zero-order valence-electron chi connectivity index (χ0n) is 11.9. The number of aryl methyl sites for hydroxylation is 2. The molecular weight excluding hydrogens is 244 g/mol. The second-order valence-corrected chi connectivity index (χ2v) is 6.68. The van der Waals surface area contributed by atoms with Gasteiger partial charge in [-0.05, 0) is 51.9 Å². The number of rotatable bonds is 6. The van der Waals surface area contributed by atoms with E-state index < -0.39 is 0 Å². The van der Waals surface area contributed by atoms with Crippen molar-refractivity contribution >= 4 is 11.8 Å². The first-order chi connectivity index (χ1) is 8.38. The summed E-state index contributed by atoms with van der Waals surface area (Å²) in [5.41, 5.74) is 2.09. The lowest BCUT2D eigenvalue weighted by Crippen LogP contribution is -2.45. The van der Waals surface area contributed by atoms with Crippen LogP contribution in [0.1, 0.15) is 31.5 Å². The van der Waals surface area contributed by atoms with Gasteiger partial charge in [0.25, 0.3) is 0 Å². The van der Waals surface area contributed by atoms with Gasteiger partial charge >= 0.3 is 0 Å². The van der Waals surface area contributed by atoms with Crippen LogP contribution in [0.3, 0.4) is 0 Å². The Balaban J connectivity index is 2.67. The zero-order chi connectivity index (χ0) is 13.8. The fourth-order valence-electron chi connectivity index (χ4n) is 1.99. The van der Waals surface area contributed by atoms with Crippen LogP contribution >= 0.6 is 11.8 Å². The summed E-state index contributed by atoms with van der Waals surface area (Å²) >= 11 is 1.77. The molecule has 3 nitrogen and oxygen atoms in total. The molecule has 0 aromatic carbocycles. The Morgan fingerprint density at radius 3 is 2.61 bits per heavy atom. The summed E-state index contributed by atoms with van der Waals surface area (Å²) < 4.78 is 0. The van der Waals surface area contributed by atoms with Gasteiger partial charge < -0.3 is 10.4 Å². The molecule has 0 aliphatic heterocycles. The van der Waals surface area contributed by atoms with E-state index >= 15 is 0 Å². The number of aromatic nitrogens is 1. The van der Waals surface area contributed by atoms with E-state index in [1.54, 1.807) is 11.8 Å². The Hall–Kier alpha value is -0.580. The van der Waals surface area contributed by atoms with Gasteiger partial charge in [0, 0.05) is 16.5 Å². The summed E-state index contributed by atoms with van der Waals surface area (Å²) in [5.74, 6) is 0. The number of hydrogen-bond acceptors (Lipinski definition) is 4. The molecule has 2 unspecified atom stereocenters. The van der Waals surface area contributed by atoms with Crippen molar-refractivity contribution in [1.29, 1.82) is 0 Å². The van der Waals surface area contributed by atoms with Crippen molar-refractivity contribution in [3.8, 4) is 0 Å². The monoisotopic (exact) mass is 268 g/mol. The van der Waals surface area contributed by atoms with Crippen LogP contribution in [-0.4, -0.2) is 34.5 Å². The molecule has 0 fully saturated rings. The van der Waals surface area contributed by atoms with Crippen LogP contribution in [0, 0.1) is 13.8 Å². The molecule has 1 rings (SSSR count). The van der Waals surface area contributed by atoms with E-state index in [4.69, 9.17) is 0 Å². The minimum atomic E-state index is -0.217. The molecule has 0 saturated heterocycles. The third kappa shape index (κ3) is 4.59. The molecule has 0 bridgehead atoms. The maximum absolute atomic E-state index is 9.40. The van der Waals surface area contributed by atoms with Gasteiger partial charge in [0.05, 0.1) is 11.6 Å². The van der Waals surface area contributed by atoms with Gasteiger partial charge in [0.2, 0.25) is 0 Å². The van der Waals surface area contributed by atoms with Gasteiger partial charge in [-0.1, -0.05) is 6.92 Å². The molecule has 1 heterocycles. The fraction of sp³-hybridized carbons (Fsp3) is 0.643. The third-order valence-electron chi connectivity index (χ3n) is 3.09. The van der Waals surface area contributed by atoms with Crippen LogP contribution in [0.4, 0.5) is 0 Å². The largest absolute Gasteiger partial charge is 0.394 e. The van der Waals surface area contributed by atoms with Gasteiger partial charge in [-0.15, -0.1) is 11.8 Å². The zero-order valence-corrected chi connectivity index (χ0v) is 12.8. The maximum atomic E-state index is 9.40. The SMILES string of the molecule is CNC(C)(CO)CC(C)Sc1cc(C)cc(C)n1. The first-order valence-electron chi connectivity index (χ1n) is 6.30. The minimum Gasteiger partial charge on any atom is -0.394 e. The van der Waals surface area contributed by atoms with Crippen LogP contribution in [-0.2, 0) is 0 Å². The van der Waals surface area contributed by atoms with E-state index in [-0.39, 0.29) is 12.1 Å². The van der Waals surface area contributed by atoms with Crippen LogP contribution in [0.2, 0.25) is 0 Å². The molecule has 0 amide bonds. The first kappa shape index (κ1) is 15.5. The molecule has 2 atom stereocenters. The molecule has 4 heteroatoms. The molecule has 2 N–H and O–H groups in total. The number of pyridine rings is 1. The Labute approximate surface area is 114 Å². The molecule has 102 valence electrons. The first-order valence-corrected chi connectivity index (χ1v) is 7.18. The van der Waals surface area contributed by atoms with E-state index in [9.17, 15) is 5.11 Å². The number of nitrogens with one attached hydrogen (secondary N) is 1. The van der Waals surface area contributed by atoms with Crippen LogP contribution < -0.4 is 5.32 Å². The fourth-order valence-corrected chi connectivity index (χ4v) is 3.31. The van der Waals surface area contributed by atoms with Gasteiger partial charge in [0.1, 0.15) is 0 Å². The minimum absolute atomic E-state index is 0.147. The molecular formula is C14H24N2OS. The molecule has 18 heavy (non-hydrogen) atoms. The molecule has 1 aromatic heterocycles. The quantitative estimate of drug-likeness (QED) is 0.778. The predicted molar refractivity (Wildman–Crippen MR) is 78.2 cm³/mol. The van der Waals surface area contributed by atoms with Crippen LogP contribution in [0.25, 0.3) is 0 Å². The normalized spacial score (nSPS) is 16.3. The van der Waals surface area contributed by atoms with E-state index in [0.29, 0.717) is 5.25 Å². The van der Waals surface area contributed by atoms with Gasteiger partial charge in [0.15, 0.2) is 0 Å². The average Bonchev–Trinajstić information content (AvgIpc) is 2.27. The van der Waals surface area contributed by atoms with E-state index in [0.717, 1.165) is 17.1 Å². The van der Waals surface area contributed by atoms with Crippen molar-refractivity contribution in [3.05, 3.63) is 23.4 Å². The lowest BCUT2D eigenvalue weighted by Gasteiger charge is -2.29. The Morgan fingerprint density at radius 1 is 1.44 bits per heavy atom.